The van der Waals surface area contributed by atoms with Crippen LogP contribution in [0.4, 0.5) is 10.1 Å². The van der Waals surface area contributed by atoms with Crippen molar-refractivity contribution >= 4 is 51.6 Å². The predicted molar refractivity (Wildman–Crippen MR) is 99.6 cm³/mol. The molecule has 112 valence electrons. The number of hydrogen-bond acceptors (Lipinski definition) is 1. The molecule has 0 unspecified atom stereocenters. The van der Waals surface area contributed by atoms with Crippen LogP contribution in [0.5, 0.6) is 0 Å². The van der Waals surface area contributed by atoms with Gasteiger partial charge in [-0.1, -0.05) is 28.1 Å². The summed E-state index contributed by atoms with van der Waals surface area (Å²) in [6.45, 7) is 2.32. The van der Waals surface area contributed by atoms with Crippen LogP contribution in [0.2, 0.25) is 0 Å². The lowest BCUT2D eigenvalue weighted by Crippen LogP contribution is -2.22. The van der Waals surface area contributed by atoms with Gasteiger partial charge in [0.25, 0.3) is 0 Å². The zero-order valence-corrected chi connectivity index (χ0v) is 15.4. The van der Waals surface area contributed by atoms with E-state index in [2.05, 4.69) is 26.2 Å². The summed E-state index contributed by atoms with van der Waals surface area (Å²) in [5.74, 6) is 0.00535. The van der Waals surface area contributed by atoms with Gasteiger partial charge >= 0.3 is 0 Å². The Morgan fingerprint density at radius 1 is 1.29 bits per heavy atom. The summed E-state index contributed by atoms with van der Waals surface area (Å²) in [6.07, 6.45) is 0. The standard InChI is InChI=1S/C15H15BrFN3.HI/c1-10-3-2-4-14(5-10)20-15(18)19-9-11-6-12(16)8-13(17)7-11;/h2-8H,9H2,1H3,(H3,18,19,20);1H. The first-order chi connectivity index (χ1) is 9.52. The number of hydrogen-bond donors (Lipinski definition) is 2. The molecule has 0 aliphatic heterocycles. The van der Waals surface area contributed by atoms with Crippen molar-refractivity contribution in [2.75, 3.05) is 5.32 Å². The molecule has 0 heterocycles. The molecule has 0 saturated carbocycles. The first-order valence-electron chi connectivity index (χ1n) is 6.11. The number of guanidine groups is 1. The Morgan fingerprint density at radius 2 is 2.05 bits per heavy atom. The van der Waals surface area contributed by atoms with Gasteiger partial charge in [-0.05, 0) is 48.4 Å². The van der Waals surface area contributed by atoms with Gasteiger partial charge in [-0.2, -0.15) is 0 Å². The first-order valence-corrected chi connectivity index (χ1v) is 6.91. The van der Waals surface area contributed by atoms with Crippen LogP contribution in [0.3, 0.4) is 0 Å². The lowest BCUT2D eigenvalue weighted by Gasteiger charge is -2.06. The zero-order valence-electron chi connectivity index (χ0n) is 11.4. The van der Waals surface area contributed by atoms with E-state index in [4.69, 9.17) is 5.73 Å². The lowest BCUT2D eigenvalue weighted by atomic mass is 10.2. The van der Waals surface area contributed by atoms with E-state index in [0.29, 0.717) is 17.0 Å². The van der Waals surface area contributed by atoms with E-state index >= 15 is 0 Å². The van der Waals surface area contributed by atoms with Crippen molar-refractivity contribution in [3.63, 3.8) is 0 Å². The fourth-order valence-corrected chi connectivity index (χ4v) is 2.30. The average Bonchev–Trinajstić information content (AvgIpc) is 2.35. The molecule has 0 saturated heterocycles. The summed E-state index contributed by atoms with van der Waals surface area (Å²) in [6, 6.07) is 12.5. The highest BCUT2D eigenvalue weighted by atomic mass is 127. The Kier molecular flexibility index (Phi) is 7.10. The Bertz CT molecular complexity index is 626. The third-order valence-corrected chi connectivity index (χ3v) is 3.10. The number of aliphatic imine (C=N–C) groups is 1. The molecular formula is C15H16BrFIN3. The van der Waals surface area contributed by atoms with Gasteiger partial charge in [-0.25, -0.2) is 9.38 Å². The van der Waals surface area contributed by atoms with Crippen molar-refractivity contribution in [1.82, 2.24) is 0 Å². The van der Waals surface area contributed by atoms with E-state index in [9.17, 15) is 4.39 Å². The quantitative estimate of drug-likeness (QED) is 0.401. The monoisotopic (exact) mass is 463 g/mol. The molecule has 2 rings (SSSR count). The van der Waals surface area contributed by atoms with Crippen LogP contribution in [0, 0.1) is 12.7 Å². The number of halogens is 3. The minimum Gasteiger partial charge on any atom is -0.370 e. The van der Waals surface area contributed by atoms with Crippen molar-refractivity contribution < 1.29 is 4.39 Å². The van der Waals surface area contributed by atoms with E-state index in [-0.39, 0.29) is 29.8 Å². The van der Waals surface area contributed by atoms with Gasteiger partial charge in [0.15, 0.2) is 5.96 Å². The molecule has 0 aromatic heterocycles. The summed E-state index contributed by atoms with van der Waals surface area (Å²) >= 11 is 3.25. The molecule has 21 heavy (non-hydrogen) atoms. The van der Waals surface area contributed by atoms with Gasteiger partial charge in [-0.3, -0.25) is 0 Å². The minimum absolute atomic E-state index is 0. The van der Waals surface area contributed by atoms with Crippen molar-refractivity contribution in [1.29, 1.82) is 0 Å². The highest BCUT2D eigenvalue weighted by molar-refractivity contribution is 14.0. The Balaban J connectivity index is 0.00000220. The number of benzene rings is 2. The van der Waals surface area contributed by atoms with Crippen LogP contribution in [0.1, 0.15) is 11.1 Å². The fraction of sp³-hybridized carbons (Fsp3) is 0.133. The highest BCUT2D eigenvalue weighted by Gasteiger charge is 2.00. The van der Waals surface area contributed by atoms with Gasteiger partial charge in [0, 0.05) is 10.2 Å². The molecule has 0 radical (unpaired) electrons. The summed E-state index contributed by atoms with van der Waals surface area (Å²) in [7, 11) is 0. The maximum atomic E-state index is 13.2. The van der Waals surface area contributed by atoms with E-state index in [1.54, 1.807) is 0 Å². The lowest BCUT2D eigenvalue weighted by molar-refractivity contribution is 0.624. The number of nitrogens with one attached hydrogen (secondary N) is 1. The van der Waals surface area contributed by atoms with E-state index < -0.39 is 0 Å². The van der Waals surface area contributed by atoms with Crippen LogP contribution in [0.25, 0.3) is 0 Å². The maximum absolute atomic E-state index is 13.2. The summed E-state index contributed by atoms with van der Waals surface area (Å²) in [5, 5.41) is 3.00. The molecule has 0 amide bonds. The van der Waals surface area contributed by atoms with Crippen molar-refractivity contribution in [3.8, 4) is 0 Å². The number of nitrogens with zero attached hydrogens (tertiary/aromatic N) is 1. The zero-order chi connectivity index (χ0) is 14.5. The average molecular weight is 464 g/mol. The van der Waals surface area contributed by atoms with Gasteiger partial charge in [0.1, 0.15) is 5.82 Å². The van der Waals surface area contributed by atoms with Crippen molar-refractivity contribution in [2.24, 2.45) is 10.7 Å². The van der Waals surface area contributed by atoms with E-state index in [1.807, 2.05) is 37.3 Å². The second-order valence-electron chi connectivity index (χ2n) is 4.47. The summed E-state index contributed by atoms with van der Waals surface area (Å²) in [4.78, 5) is 4.20. The third kappa shape index (κ3) is 6.01. The molecule has 3 N–H and O–H groups in total. The van der Waals surface area contributed by atoms with Crippen LogP contribution in [-0.4, -0.2) is 5.96 Å². The molecular weight excluding hydrogens is 448 g/mol. The molecule has 0 aliphatic carbocycles. The largest absolute Gasteiger partial charge is 0.370 e. The molecule has 0 fully saturated rings. The molecule has 0 bridgehead atoms. The maximum Gasteiger partial charge on any atom is 0.193 e. The van der Waals surface area contributed by atoms with Crippen LogP contribution < -0.4 is 11.1 Å². The van der Waals surface area contributed by atoms with Crippen LogP contribution in [0.15, 0.2) is 51.9 Å². The normalized spacial score (nSPS) is 10.9. The molecule has 6 heteroatoms. The van der Waals surface area contributed by atoms with Gasteiger partial charge < -0.3 is 11.1 Å². The molecule has 0 atom stereocenters. The van der Waals surface area contributed by atoms with Gasteiger partial charge in [-0.15, -0.1) is 24.0 Å². The van der Waals surface area contributed by atoms with Crippen molar-refractivity contribution in [2.45, 2.75) is 13.5 Å². The molecule has 3 nitrogen and oxygen atoms in total. The van der Waals surface area contributed by atoms with E-state index in [0.717, 1.165) is 16.8 Å². The third-order valence-electron chi connectivity index (χ3n) is 2.64. The van der Waals surface area contributed by atoms with Crippen LogP contribution in [-0.2, 0) is 6.54 Å². The van der Waals surface area contributed by atoms with Crippen molar-refractivity contribution in [3.05, 3.63) is 63.9 Å². The SMILES string of the molecule is Cc1cccc(NC(N)=NCc2cc(F)cc(Br)c2)c1.I. The molecule has 2 aromatic carbocycles. The number of nitrogens with two attached hydrogens (primary N) is 1. The smallest absolute Gasteiger partial charge is 0.193 e. The van der Waals surface area contributed by atoms with E-state index in [1.165, 1.54) is 12.1 Å². The molecule has 2 aromatic rings. The molecule has 0 spiro atoms. The Labute approximate surface area is 149 Å². The number of rotatable bonds is 3. The summed E-state index contributed by atoms with van der Waals surface area (Å²) < 4.78 is 13.9. The van der Waals surface area contributed by atoms with Crippen LogP contribution >= 0.6 is 39.9 Å². The van der Waals surface area contributed by atoms with Gasteiger partial charge in [0.05, 0.1) is 6.54 Å². The number of anilines is 1. The Morgan fingerprint density at radius 3 is 2.71 bits per heavy atom. The fourth-order valence-electron chi connectivity index (χ4n) is 1.79. The summed E-state index contributed by atoms with van der Waals surface area (Å²) in [5.41, 5.74) is 8.59. The second kappa shape index (κ2) is 8.33. The van der Waals surface area contributed by atoms with Gasteiger partial charge in [0.2, 0.25) is 0 Å². The molecule has 0 aliphatic rings. The highest BCUT2D eigenvalue weighted by Crippen LogP contribution is 2.15. The first kappa shape index (κ1) is 17.9. The number of aryl methyl sites for hydroxylation is 1. The predicted octanol–water partition coefficient (Wildman–Crippen LogP) is 4.44. The second-order valence-corrected chi connectivity index (χ2v) is 5.39. The minimum atomic E-state index is -0.296. The topological polar surface area (TPSA) is 50.4 Å². The Hall–Kier alpha value is -1.15.